The van der Waals surface area contributed by atoms with E-state index >= 15 is 0 Å². The number of urea groups is 1. The van der Waals surface area contributed by atoms with Gasteiger partial charge in [0.05, 0.1) is 24.2 Å². The van der Waals surface area contributed by atoms with Crippen molar-refractivity contribution < 1.29 is 14.6 Å². The number of ether oxygens (including phenoxy) is 1. The predicted molar refractivity (Wildman–Crippen MR) is 74.0 cm³/mol. The highest BCUT2D eigenvalue weighted by Gasteiger charge is 2.10. The molecule has 0 heterocycles. The number of aliphatic hydroxyl groups is 1. The number of rotatable bonds is 5. The minimum atomic E-state index is -0.347. The average molecular weight is 317 g/mol. The fourth-order valence-electron chi connectivity index (χ4n) is 1.37. The molecule has 0 bridgehead atoms. The Hall–Kier alpha value is -1.27. The highest BCUT2D eigenvalue weighted by Crippen LogP contribution is 2.27. The van der Waals surface area contributed by atoms with E-state index in [4.69, 9.17) is 9.84 Å². The molecular weight excluding hydrogens is 300 g/mol. The predicted octanol–water partition coefficient (Wildman–Crippen LogP) is 2.35. The first-order valence-electron chi connectivity index (χ1n) is 5.62. The van der Waals surface area contributed by atoms with Crippen LogP contribution in [0.3, 0.4) is 0 Å². The van der Waals surface area contributed by atoms with Crippen LogP contribution in [0.4, 0.5) is 10.5 Å². The second-order valence-electron chi connectivity index (χ2n) is 3.74. The molecule has 1 unspecified atom stereocenters. The van der Waals surface area contributed by atoms with Crippen LogP contribution in [0.5, 0.6) is 5.75 Å². The molecule has 0 aliphatic heterocycles. The molecule has 18 heavy (non-hydrogen) atoms. The number of carbonyl (C=O) groups excluding carboxylic acids is 1. The van der Waals surface area contributed by atoms with Crippen molar-refractivity contribution in [3.8, 4) is 5.75 Å². The van der Waals surface area contributed by atoms with Gasteiger partial charge in [0, 0.05) is 11.8 Å². The first-order valence-corrected chi connectivity index (χ1v) is 6.42. The third-order valence-corrected chi connectivity index (χ3v) is 3.11. The van der Waals surface area contributed by atoms with Crippen LogP contribution in [-0.4, -0.2) is 30.9 Å². The molecule has 0 fully saturated rings. The molecule has 3 N–H and O–H groups in total. The summed E-state index contributed by atoms with van der Waals surface area (Å²) in [5, 5.41) is 14.3. The molecule has 0 saturated carbocycles. The van der Waals surface area contributed by atoms with Crippen molar-refractivity contribution in [2.45, 2.75) is 19.4 Å². The Kier molecular flexibility index (Phi) is 5.94. The van der Waals surface area contributed by atoms with E-state index in [2.05, 4.69) is 26.6 Å². The normalized spacial score (nSPS) is 11.8. The molecule has 0 radical (unpaired) electrons. The lowest BCUT2D eigenvalue weighted by atomic mass is 10.2. The van der Waals surface area contributed by atoms with Gasteiger partial charge in [-0.25, -0.2) is 4.79 Å². The smallest absolute Gasteiger partial charge is 0.319 e. The van der Waals surface area contributed by atoms with E-state index in [0.717, 1.165) is 4.47 Å². The van der Waals surface area contributed by atoms with Gasteiger partial charge in [-0.2, -0.15) is 0 Å². The maximum atomic E-state index is 11.6. The van der Waals surface area contributed by atoms with E-state index in [0.29, 0.717) is 17.9 Å². The maximum absolute atomic E-state index is 11.6. The Labute approximate surface area is 115 Å². The van der Waals surface area contributed by atoms with Crippen molar-refractivity contribution in [3.05, 3.63) is 22.7 Å². The second-order valence-corrected chi connectivity index (χ2v) is 4.59. The molecule has 0 saturated heterocycles. The number of hydrogen-bond donors (Lipinski definition) is 3. The van der Waals surface area contributed by atoms with Gasteiger partial charge >= 0.3 is 6.03 Å². The number of nitrogens with one attached hydrogen (secondary N) is 2. The average Bonchev–Trinajstić information content (AvgIpc) is 2.38. The van der Waals surface area contributed by atoms with Gasteiger partial charge in [0.2, 0.25) is 0 Å². The van der Waals surface area contributed by atoms with E-state index in [1.165, 1.54) is 0 Å². The fourth-order valence-corrected chi connectivity index (χ4v) is 1.78. The van der Waals surface area contributed by atoms with Crippen LogP contribution < -0.4 is 15.4 Å². The lowest BCUT2D eigenvalue weighted by Gasteiger charge is -2.15. The number of aliphatic hydroxyl groups excluding tert-OH is 1. The van der Waals surface area contributed by atoms with Crippen LogP contribution in [0, 0.1) is 0 Å². The molecule has 1 rings (SSSR count). The zero-order chi connectivity index (χ0) is 13.5. The fraction of sp³-hybridized carbons (Fsp3) is 0.417. The largest absolute Gasteiger partial charge is 0.495 e. The number of carbonyl (C=O) groups is 1. The summed E-state index contributed by atoms with van der Waals surface area (Å²) in [6, 6.07) is 4.68. The van der Waals surface area contributed by atoms with Crippen LogP contribution in [0.1, 0.15) is 13.3 Å². The molecule has 0 aliphatic carbocycles. The van der Waals surface area contributed by atoms with Gasteiger partial charge in [0.15, 0.2) is 0 Å². The molecule has 100 valence electrons. The Morgan fingerprint density at radius 1 is 1.56 bits per heavy atom. The molecule has 1 aromatic rings. The van der Waals surface area contributed by atoms with Crippen molar-refractivity contribution in [3.63, 3.8) is 0 Å². The zero-order valence-corrected chi connectivity index (χ0v) is 12.0. The third kappa shape index (κ3) is 4.19. The summed E-state index contributed by atoms with van der Waals surface area (Å²) in [6.07, 6.45) is 0.674. The minimum absolute atomic E-state index is 0.0758. The Balaban J connectivity index is 2.64. The number of anilines is 1. The van der Waals surface area contributed by atoms with Crippen LogP contribution in [0.25, 0.3) is 0 Å². The van der Waals surface area contributed by atoms with E-state index < -0.39 is 0 Å². The lowest BCUT2D eigenvalue weighted by Crippen LogP contribution is -2.39. The van der Waals surface area contributed by atoms with Gasteiger partial charge in [0.1, 0.15) is 5.75 Å². The van der Waals surface area contributed by atoms with Crippen LogP contribution in [0.2, 0.25) is 0 Å². The zero-order valence-electron chi connectivity index (χ0n) is 10.4. The lowest BCUT2D eigenvalue weighted by molar-refractivity contribution is 0.222. The van der Waals surface area contributed by atoms with Crippen molar-refractivity contribution in [2.75, 3.05) is 19.0 Å². The molecule has 0 aromatic heterocycles. The Bertz CT molecular complexity index is 408. The van der Waals surface area contributed by atoms with E-state index in [9.17, 15) is 4.79 Å². The Morgan fingerprint density at radius 3 is 2.83 bits per heavy atom. The second kappa shape index (κ2) is 7.23. The molecule has 6 heteroatoms. The highest BCUT2D eigenvalue weighted by molar-refractivity contribution is 9.10. The number of hydrogen-bond acceptors (Lipinski definition) is 3. The quantitative estimate of drug-likeness (QED) is 0.781. The van der Waals surface area contributed by atoms with Gasteiger partial charge in [-0.1, -0.05) is 6.92 Å². The van der Waals surface area contributed by atoms with Gasteiger partial charge in [0.25, 0.3) is 0 Å². The van der Waals surface area contributed by atoms with Crippen molar-refractivity contribution >= 4 is 27.6 Å². The van der Waals surface area contributed by atoms with Crippen LogP contribution in [-0.2, 0) is 0 Å². The third-order valence-electron chi connectivity index (χ3n) is 2.46. The minimum Gasteiger partial charge on any atom is -0.495 e. The highest BCUT2D eigenvalue weighted by atomic mass is 79.9. The summed E-state index contributed by atoms with van der Waals surface area (Å²) in [4.78, 5) is 11.6. The summed E-state index contributed by atoms with van der Waals surface area (Å²) in [5.74, 6) is 0.641. The topological polar surface area (TPSA) is 70.6 Å². The number of halogens is 1. The summed E-state index contributed by atoms with van der Waals surface area (Å²) < 4.78 is 5.95. The van der Waals surface area contributed by atoms with Crippen molar-refractivity contribution in [1.82, 2.24) is 5.32 Å². The summed E-state index contributed by atoms with van der Waals surface area (Å²) in [5.41, 5.74) is 0.625. The first-order chi connectivity index (χ1) is 8.60. The molecule has 5 nitrogen and oxygen atoms in total. The van der Waals surface area contributed by atoms with E-state index in [1.807, 2.05) is 6.92 Å². The molecule has 1 aromatic carbocycles. The van der Waals surface area contributed by atoms with E-state index in [-0.39, 0.29) is 18.7 Å². The van der Waals surface area contributed by atoms with Crippen LogP contribution in [0.15, 0.2) is 22.7 Å². The number of methoxy groups -OCH3 is 1. The maximum Gasteiger partial charge on any atom is 0.319 e. The van der Waals surface area contributed by atoms with Crippen molar-refractivity contribution in [1.29, 1.82) is 0 Å². The molecule has 0 aliphatic rings. The van der Waals surface area contributed by atoms with Gasteiger partial charge in [-0.15, -0.1) is 0 Å². The van der Waals surface area contributed by atoms with Gasteiger partial charge in [-0.05, 0) is 34.5 Å². The standard InChI is InChI=1S/C12H17BrN2O3/c1-3-8(7-16)14-12(17)15-9-4-5-10(13)11(6-9)18-2/h4-6,8,16H,3,7H2,1-2H3,(H2,14,15,17). The summed E-state index contributed by atoms with van der Waals surface area (Å²) in [7, 11) is 1.56. The first kappa shape index (κ1) is 14.8. The molecule has 0 spiro atoms. The molecule has 2 amide bonds. The number of amides is 2. The number of benzene rings is 1. The molecular formula is C12H17BrN2O3. The Morgan fingerprint density at radius 2 is 2.28 bits per heavy atom. The van der Waals surface area contributed by atoms with E-state index in [1.54, 1.807) is 25.3 Å². The summed E-state index contributed by atoms with van der Waals surface area (Å²) in [6.45, 7) is 1.82. The SMILES string of the molecule is CCC(CO)NC(=O)Nc1ccc(Br)c(OC)c1. The van der Waals surface area contributed by atoms with Crippen LogP contribution >= 0.6 is 15.9 Å². The monoisotopic (exact) mass is 316 g/mol. The van der Waals surface area contributed by atoms with Gasteiger partial charge < -0.3 is 20.5 Å². The summed E-state index contributed by atoms with van der Waals surface area (Å²) >= 11 is 3.33. The van der Waals surface area contributed by atoms with Gasteiger partial charge in [-0.3, -0.25) is 0 Å². The van der Waals surface area contributed by atoms with Crippen molar-refractivity contribution in [2.24, 2.45) is 0 Å². The molecule has 1 atom stereocenters.